The van der Waals surface area contributed by atoms with Crippen molar-refractivity contribution in [3.05, 3.63) is 35.4 Å². The summed E-state index contributed by atoms with van der Waals surface area (Å²) in [7, 11) is 0. The maximum absolute atomic E-state index is 12.4. The van der Waals surface area contributed by atoms with Gasteiger partial charge in [-0.25, -0.2) is 0 Å². The van der Waals surface area contributed by atoms with E-state index in [0.29, 0.717) is 0 Å². The van der Waals surface area contributed by atoms with Crippen LogP contribution in [0.1, 0.15) is 36.8 Å². The van der Waals surface area contributed by atoms with Gasteiger partial charge in [0, 0.05) is 0 Å². The molecule has 0 radical (unpaired) electrons. The molecular formula is C15H19F3O2. The summed E-state index contributed by atoms with van der Waals surface area (Å²) in [4.78, 5) is 0. The summed E-state index contributed by atoms with van der Waals surface area (Å²) >= 11 is 0. The summed E-state index contributed by atoms with van der Waals surface area (Å²) in [6.07, 6.45) is 0.0958. The summed E-state index contributed by atoms with van der Waals surface area (Å²) < 4.78 is 48.1. The van der Waals surface area contributed by atoms with Crippen LogP contribution in [0.5, 0.6) is 0 Å². The number of rotatable bonds is 5. The SMILES string of the molecule is FC(F)(F)c1ccc(CCCCC2OCCCO2)cc1. The van der Waals surface area contributed by atoms with Gasteiger partial charge in [-0.05, 0) is 49.8 Å². The Morgan fingerprint density at radius 3 is 2.25 bits per heavy atom. The summed E-state index contributed by atoms with van der Waals surface area (Å²) in [5.74, 6) is 0. The van der Waals surface area contributed by atoms with Gasteiger partial charge in [0.2, 0.25) is 0 Å². The first-order chi connectivity index (χ1) is 9.55. The fourth-order valence-electron chi connectivity index (χ4n) is 2.20. The van der Waals surface area contributed by atoms with Gasteiger partial charge in [-0.2, -0.15) is 13.2 Å². The average Bonchev–Trinajstić information content (AvgIpc) is 2.44. The van der Waals surface area contributed by atoms with Crippen LogP contribution in [0, 0.1) is 0 Å². The van der Waals surface area contributed by atoms with E-state index in [1.807, 2.05) is 0 Å². The van der Waals surface area contributed by atoms with Crippen LogP contribution in [0.25, 0.3) is 0 Å². The lowest BCUT2D eigenvalue weighted by Crippen LogP contribution is -2.24. The first-order valence-electron chi connectivity index (χ1n) is 6.95. The lowest BCUT2D eigenvalue weighted by molar-refractivity contribution is -0.181. The van der Waals surface area contributed by atoms with Crippen molar-refractivity contribution in [2.75, 3.05) is 13.2 Å². The number of benzene rings is 1. The molecule has 1 aliphatic rings. The highest BCUT2D eigenvalue weighted by atomic mass is 19.4. The summed E-state index contributed by atoms with van der Waals surface area (Å²) in [6.45, 7) is 1.51. The van der Waals surface area contributed by atoms with E-state index >= 15 is 0 Å². The van der Waals surface area contributed by atoms with E-state index < -0.39 is 11.7 Å². The molecule has 2 nitrogen and oxygen atoms in total. The van der Waals surface area contributed by atoms with Crippen LogP contribution in [0.2, 0.25) is 0 Å². The molecule has 1 aliphatic heterocycles. The number of halogens is 3. The Hall–Kier alpha value is -1.07. The van der Waals surface area contributed by atoms with Crippen molar-refractivity contribution in [1.29, 1.82) is 0 Å². The minimum absolute atomic E-state index is 0.101. The first kappa shape index (κ1) is 15.3. The van der Waals surface area contributed by atoms with Crippen LogP contribution in [-0.2, 0) is 22.1 Å². The summed E-state index contributed by atoms with van der Waals surface area (Å²) in [5.41, 5.74) is 0.341. The Morgan fingerprint density at radius 2 is 1.65 bits per heavy atom. The average molecular weight is 288 g/mol. The molecule has 1 aromatic rings. The maximum atomic E-state index is 12.4. The smallest absolute Gasteiger partial charge is 0.353 e. The zero-order valence-corrected chi connectivity index (χ0v) is 11.3. The van der Waals surface area contributed by atoms with Crippen LogP contribution in [-0.4, -0.2) is 19.5 Å². The molecule has 1 fully saturated rings. The minimum atomic E-state index is -4.26. The lowest BCUT2D eigenvalue weighted by atomic mass is 10.0. The minimum Gasteiger partial charge on any atom is -0.353 e. The van der Waals surface area contributed by atoms with Gasteiger partial charge in [0.05, 0.1) is 18.8 Å². The molecule has 1 saturated heterocycles. The number of unbranched alkanes of at least 4 members (excludes halogenated alkanes) is 1. The highest BCUT2D eigenvalue weighted by Gasteiger charge is 2.29. The second-order valence-electron chi connectivity index (χ2n) is 4.97. The molecule has 0 aliphatic carbocycles. The monoisotopic (exact) mass is 288 g/mol. The molecule has 0 amide bonds. The fraction of sp³-hybridized carbons (Fsp3) is 0.600. The summed E-state index contributed by atoms with van der Waals surface area (Å²) in [5, 5.41) is 0. The molecule has 20 heavy (non-hydrogen) atoms. The van der Waals surface area contributed by atoms with Gasteiger partial charge in [-0.1, -0.05) is 12.1 Å². The van der Waals surface area contributed by atoms with Crippen LogP contribution in [0.3, 0.4) is 0 Å². The van der Waals surface area contributed by atoms with Gasteiger partial charge in [-0.3, -0.25) is 0 Å². The Balaban J connectivity index is 1.68. The van der Waals surface area contributed by atoms with E-state index in [1.165, 1.54) is 0 Å². The van der Waals surface area contributed by atoms with Crippen molar-refractivity contribution >= 4 is 0 Å². The van der Waals surface area contributed by atoms with E-state index in [0.717, 1.165) is 63.0 Å². The molecule has 0 N–H and O–H groups in total. The predicted octanol–water partition coefficient (Wildman–Crippen LogP) is 4.18. The summed E-state index contributed by atoms with van der Waals surface area (Å²) in [6, 6.07) is 5.39. The number of hydrogen-bond acceptors (Lipinski definition) is 2. The van der Waals surface area contributed by atoms with Gasteiger partial charge in [-0.15, -0.1) is 0 Å². The van der Waals surface area contributed by atoms with E-state index in [-0.39, 0.29) is 6.29 Å². The quantitative estimate of drug-likeness (QED) is 0.757. The van der Waals surface area contributed by atoms with Crippen LogP contribution in [0.15, 0.2) is 24.3 Å². The molecular weight excluding hydrogens is 269 g/mol. The van der Waals surface area contributed by atoms with Crippen molar-refractivity contribution in [1.82, 2.24) is 0 Å². The lowest BCUT2D eigenvalue weighted by Gasteiger charge is -2.22. The molecule has 1 heterocycles. The standard InChI is InChI=1S/C15H19F3O2/c16-15(17,18)13-8-6-12(7-9-13)4-1-2-5-14-19-10-3-11-20-14/h6-9,14H,1-5,10-11H2. The Morgan fingerprint density at radius 1 is 1.00 bits per heavy atom. The molecule has 0 atom stereocenters. The van der Waals surface area contributed by atoms with Gasteiger partial charge in [0.15, 0.2) is 6.29 Å². The van der Waals surface area contributed by atoms with Crippen molar-refractivity contribution in [2.45, 2.75) is 44.6 Å². The van der Waals surface area contributed by atoms with Crippen molar-refractivity contribution in [3.63, 3.8) is 0 Å². The molecule has 112 valence electrons. The fourth-order valence-corrected chi connectivity index (χ4v) is 2.20. The zero-order valence-electron chi connectivity index (χ0n) is 11.3. The third-order valence-electron chi connectivity index (χ3n) is 3.33. The largest absolute Gasteiger partial charge is 0.416 e. The second kappa shape index (κ2) is 7.09. The highest BCUT2D eigenvalue weighted by Crippen LogP contribution is 2.29. The molecule has 2 rings (SSSR count). The zero-order chi connectivity index (χ0) is 14.4. The van der Waals surface area contributed by atoms with Gasteiger partial charge < -0.3 is 9.47 Å². The molecule has 0 unspecified atom stereocenters. The van der Waals surface area contributed by atoms with Gasteiger partial charge in [0.1, 0.15) is 0 Å². The molecule has 0 saturated carbocycles. The normalized spacial score (nSPS) is 17.4. The van der Waals surface area contributed by atoms with Crippen LogP contribution in [0.4, 0.5) is 13.2 Å². The van der Waals surface area contributed by atoms with E-state index in [4.69, 9.17) is 9.47 Å². The maximum Gasteiger partial charge on any atom is 0.416 e. The van der Waals surface area contributed by atoms with Crippen LogP contribution < -0.4 is 0 Å². The van der Waals surface area contributed by atoms with Crippen molar-refractivity contribution in [3.8, 4) is 0 Å². The van der Waals surface area contributed by atoms with Gasteiger partial charge in [0.25, 0.3) is 0 Å². The predicted molar refractivity (Wildman–Crippen MR) is 69.3 cm³/mol. The first-order valence-corrected chi connectivity index (χ1v) is 6.95. The van der Waals surface area contributed by atoms with Crippen molar-refractivity contribution < 1.29 is 22.6 Å². The van der Waals surface area contributed by atoms with Crippen LogP contribution >= 0.6 is 0 Å². The Kier molecular flexibility index (Phi) is 5.43. The van der Waals surface area contributed by atoms with E-state index in [1.54, 1.807) is 12.1 Å². The highest BCUT2D eigenvalue weighted by molar-refractivity contribution is 5.24. The number of alkyl halides is 3. The Labute approximate surface area is 116 Å². The molecule has 0 spiro atoms. The number of hydrogen-bond donors (Lipinski definition) is 0. The number of ether oxygens (including phenoxy) is 2. The molecule has 5 heteroatoms. The third-order valence-corrected chi connectivity index (χ3v) is 3.33. The second-order valence-corrected chi connectivity index (χ2v) is 4.97. The third kappa shape index (κ3) is 4.80. The number of aryl methyl sites for hydroxylation is 1. The van der Waals surface area contributed by atoms with E-state index in [2.05, 4.69) is 0 Å². The van der Waals surface area contributed by atoms with Crippen molar-refractivity contribution in [2.24, 2.45) is 0 Å². The molecule has 1 aromatic carbocycles. The molecule has 0 bridgehead atoms. The molecule has 0 aromatic heterocycles. The van der Waals surface area contributed by atoms with E-state index in [9.17, 15) is 13.2 Å². The topological polar surface area (TPSA) is 18.5 Å². The van der Waals surface area contributed by atoms with Gasteiger partial charge >= 0.3 is 6.18 Å². The Bertz CT molecular complexity index is 395.